The zero-order chi connectivity index (χ0) is 27.3. The van der Waals surface area contributed by atoms with Crippen molar-refractivity contribution in [3.05, 3.63) is 70.8 Å². The number of hydrogen-bond acceptors (Lipinski definition) is 2. The van der Waals surface area contributed by atoms with Crippen LogP contribution in [0.5, 0.6) is 0 Å². The number of rotatable bonds is 10. The predicted molar refractivity (Wildman–Crippen MR) is 132 cm³/mol. The number of alkyl halides is 6. The van der Waals surface area contributed by atoms with Crippen molar-refractivity contribution in [2.24, 2.45) is 0 Å². The summed E-state index contributed by atoms with van der Waals surface area (Å²) < 4.78 is 83.4. The molecule has 2 aliphatic rings. The third kappa shape index (κ3) is 6.49. The number of nitrogens with zero attached hydrogens (tertiary/aromatic N) is 2. The molecule has 0 atom stereocenters. The lowest BCUT2D eigenvalue weighted by Gasteiger charge is -2.29. The van der Waals surface area contributed by atoms with Gasteiger partial charge in [-0.1, -0.05) is 55.5 Å². The number of nitriles is 1. The van der Waals surface area contributed by atoms with E-state index < -0.39 is 23.2 Å². The van der Waals surface area contributed by atoms with Crippen LogP contribution in [0.1, 0.15) is 74.6 Å². The first-order chi connectivity index (χ1) is 17.4. The molecule has 37 heavy (non-hydrogen) atoms. The summed E-state index contributed by atoms with van der Waals surface area (Å²) in [5, 5.41) is 7.32. The first kappa shape index (κ1) is 29.0. The number of aryl methyl sites for hydroxylation is 1. The van der Waals surface area contributed by atoms with Crippen LogP contribution in [0.3, 0.4) is 0 Å². The van der Waals surface area contributed by atoms with Crippen LogP contribution in [0.15, 0.2) is 48.5 Å². The second-order valence-electron chi connectivity index (χ2n) is 10.1. The standard InChI is InChI=1S/C27H31F6N.C2H3N/c1-2-16-34(19-21-7-4-3-5-8-21)17-6-9-20-10-11-22(24(12-13-24)26(28,29)30)23(18-20)25(14-15-25)27(31,32)33;1-2-3/h3-5,7-8,10-11,18H,2,6,9,12-17,19H2,1H3;1H3. The van der Waals surface area contributed by atoms with Gasteiger partial charge in [0.05, 0.1) is 16.9 Å². The second-order valence-corrected chi connectivity index (χ2v) is 10.1. The van der Waals surface area contributed by atoms with Crippen LogP contribution in [-0.2, 0) is 23.8 Å². The van der Waals surface area contributed by atoms with E-state index in [4.69, 9.17) is 5.26 Å². The Kier molecular flexibility index (Phi) is 9.00. The molecule has 202 valence electrons. The van der Waals surface area contributed by atoms with Gasteiger partial charge in [-0.15, -0.1) is 0 Å². The summed E-state index contributed by atoms with van der Waals surface area (Å²) in [6.45, 7) is 6.01. The monoisotopic (exact) mass is 524 g/mol. The fraction of sp³-hybridized carbons (Fsp3) is 0.552. The van der Waals surface area contributed by atoms with Gasteiger partial charge in [-0.2, -0.15) is 31.6 Å². The van der Waals surface area contributed by atoms with E-state index in [1.807, 2.05) is 18.2 Å². The molecule has 0 aliphatic heterocycles. The molecule has 8 heteroatoms. The summed E-state index contributed by atoms with van der Waals surface area (Å²) in [4.78, 5) is 2.31. The lowest BCUT2D eigenvalue weighted by molar-refractivity contribution is -0.167. The smallest absolute Gasteiger partial charge is 0.299 e. The fourth-order valence-corrected chi connectivity index (χ4v) is 5.16. The van der Waals surface area contributed by atoms with E-state index in [1.54, 1.807) is 12.1 Å². The number of hydrogen-bond donors (Lipinski definition) is 0. The van der Waals surface area contributed by atoms with Crippen molar-refractivity contribution in [1.82, 2.24) is 4.90 Å². The molecule has 0 N–H and O–H groups in total. The zero-order valence-corrected chi connectivity index (χ0v) is 21.4. The average Bonchev–Trinajstić information content (AvgIpc) is 3.73. The van der Waals surface area contributed by atoms with Crippen molar-refractivity contribution in [2.45, 2.75) is 88.5 Å². The van der Waals surface area contributed by atoms with Gasteiger partial charge in [-0.3, -0.25) is 4.90 Å². The Hall–Kier alpha value is -2.53. The van der Waals surface area contributed by atoms with Gasteiger partial charge in [0, 0.05) is 13.5 Å². The molecular formula is C29H34F6N2. The van der Waals surface area contributed by atoms with Crippen LogP contribution < -0.4 is 0 Å². The zero-order valence-electron chi connectivity index (χ0n) is 21.4. The molecule has 0 heterocycles. The van der Waals surface area contributed by atoms with Crippen LogP contribution in [0.25, 0.3) is 0 Å². The molecule has 0 saturated heterocycles. The molecule has 2 aromatic rings. The molecule has 2 nitrogen and oxygen atoms in total. The lowest BCUT2D eigenvalue weighted by atomic mass is 9.81. The minimum atomic E-state index is -4.55. The van der Waals surface area contributed by atoms with Crippen LogP contribution in [-0.4, -0.2) is 30.3 Å². The quantitative estimate of drug-likeness (QED) is 0.293. The highest BCUT2D eigenvalue weighted by Gasteiger charge is 2.70. The molecule has 2 aliphatic carbocycles. The second kappa shape index (κ2) is 11.5. The molecule has 0 amide bonds. The van der Waals surface area contributed by atoms with Gasteiger partial charge in [0.1, 0.15) is 0 Å². The summed E-state index contributed by atoms with van der Waals surface area (Å²) in [7, 11) is 0. The SMILES string of the molecule is CC#N.CCCN(CCCc1ccc(C2(C(F)(F)F)CC2)c(C2(C(F)(F)F)CC2)c1)Cc1ccccc1. The van der Waals surface area contributed by atoms with Gasteiger partial charge in [0.15, 0.2) is 0 Å². The maximum absolute atomic E-state index is 14.0. The molecule has 0 bridgehead atoms. The maximum atomic E-state index is 14.0. The average molecular weight is 525 g/mol. The Morgan fingerprint density at radius 2 is 1.35 bits per heavy atom. The van der Waals surface area contributed by atoms with E-state index in [0.29, 0.717) is 12.0 Å². The highest BCUT2D eigenvalue weighted by atomic mass is 19.4. The number of halogens is 6. The van der Waals surface area contributed by atoms with Gasteiger partial charge >= 0.3 is 12.4 Å². The van der Waals surface area contributed by atoms with Crippen molar-refractivity contribution in [3.8, 4) is 6.07 Å². The summed E-state index contributed by atoms with van der Waals surface area (Å²) in [5.74, 6) is 0. The normalized spacial score (nSPS) is 17.5. The molecule has 4 rings (SSSR count). The fourth-order valence-electron chi connectivity index (χ4n) is 5.16. The Morgan fingerprint density at radius 3 is 1.84 bits per heavy atom. The molecular weight excluding hydrogens is 490 g/mol. The highest BCUT2D eigenvalue weighted by molar-refractivity contribution is 5.50. The molecule has 2 aromatic carbocycles. The van der Waals surface area contributed by atoms with Crippen molar-refractivity contribution in [3.63, 3.8) is 0 Å². The van der Waals surface area contributed by atoms with Gasteiger partial charge < -0.3 is 0 Å². The molecule has 2 saturated carbocycles. The molecule has 0 aromatic heterocycles. The van der Waals surface area contributed by atoms with Gasteiger partial charge in [0.25, 0.3) is 0 Å². The molecule has 2 fully saturated rings. The van der Waals surface area contributed by atoms with Crippen LogP contribution in [0.2, 0.25) is 0 Å². The van der Waals surface area contributed by atoms with E-state index >= 15 is 0 Å². The van der Waals surface area contributed by atoms with E-state index in [2.05, 4.69) is 24.0 Å². The Balaban J connectivity index is 0.00000121. The first-order valence-corrected chi connectivity index (χ1v) is 12.8. The summed E-state index contributed by atoms with van der Waals surface area (Å²) in [6.07, 6.45) is -7.38. The largest absolute Gasteiger partial charge is 0.398 e. The Bertz CT molecular complexity index is 1060. The van der Waals surface area contributed by atoms with Gasteiger partial charge in [0.2, 0.25) is 0 Å². The maximum Gasteiger partial charge on any atom is 0.398 e. The van der Waals surface area contributed by atoms with Crippen molar-refractivity contribution >= 4 is 0 Å². The molecule has 0 radical (unpaired) electrons. The van der Waals surface area contributed by atoms with E-state index in [0.717, 1.165) is 32.5 Å². The lowest BCUT2D eigenvalue weighted by Crippen LogP contribution is -2.35. The highest BCUT2D eigenvalue weighted by Crippen LogP contribution is 2.66. The summed E-state index contributed by atoms with van der Waals surface area (Å²) in [6, 6.07) is 16.2. The van der Waals surface area contributed by atoms with Gasteiger partial charge in [-0.05, 0) is 80.3 Å². The molecule has 0 spiro atoms. The topological polar surface area (TPSA) is 27.0 Å². The van der Waals surface area contributed by atoms with E-state index in [1.165, 1.54) is 24.6 Å². The minimum absolute atomic E-state index is 0.137. The van der Waals surface area contributed by atoms with Gasteiger partial charge in [-0.25, -0.2) is 0 Å². The Labute approximate surface area is 215 Å². The Morgan fingerprint density at radius 1 is 0.811 bits per heavy atom. The minimum Gasteiger partial charge on any atom is -0.299 e. The first-order valence-electron chi connectivity index (χ1n) is 12.8. The van der Waals surface area contributed by atoms with Crippen molar-refractivity contribution < 1.29 is 26.3 Å². The number of benzene rings is 2. The van der Waals surface area contributed by atoms with Crippen molar-refractivity contribution in [2.75, 3.05) is 13.1 Å². The van der Waals surface area contributed by atoms with E-state index in [9.17, 15) is 26.3 Å². The third-order valence-electron chi connectivity index (χ3n) is 7.43. The predicted octanol–water partition coefficient (Wildman–Crippen LogP) is 8.25. The summed E-state index contributed by atoms with van der Waals surface area (Å²) >= 11 is 0. The van der Waals surface area contributed by atoms with Crippen molar-refractivity contribution in [1.29, 1.82) is 5.26 Å². The van der Waals surface area contributed by atoms with E-state index in [-0.39, 0.29) is 36.8 Å². The van der Waals surface area contributed by atoms with Crippen LogP contribution >= 0.6 is 0 Å². The summed E-state index contributed by atoms with van der Waals surface area (Å²) in [5.41, 5.74) is -2.65. The van der Waals surface area contributed by atoms with Crippen LogP contribution in [0, 0.1) is 11.3 Å². The van der Waals surface area contributed by atoms with Crippen LogP contribution in [0.4, 0.5) is 26.3 Å². The third-order valence-corrected chi connectivity index (χ3v) is 7.43. The molecule has 0 unspecified atom stereocenters.